The number of nitrogens with zero attached hydrogens (tertiary/aromatic N) is 3. The van der Waals surface area contributed by atoms with E-state index in [9.17, 15) is 5.11 Å². The molecule has 0 fully saturated rings. The smallest absolute Gasteiger partial charge is 0.185 e. The van der Waals surface area contributed by atoms with E-state index in [1.807, 2.05) is 6.07 Å². The number of aromatic nitrogens is 2. The predicted molar refractivity (Wildman–Crippen MR) is 65.1 cm³/mol. The summed E-state index contributed by atoms with van der Waals surface area (Å²) in [5, 5.41) is 21.2. The first-order valence-corrected chi connectivity index (χ1v) is 5.13. The first-order valence-electron chi connectivity index (χ1n) is 5.13. The molecular weight excluding hydrogens is 234 g/mol. The van der Waals surface area contributed by atoms with Crippen molar-refractivity contribution in [2.45, 2.75) is 0 Å². The zero-order chi connectivity index (χ0) is 13.0. The van der Waals surface area contributed by atoms with Gasteiger partial charge in [0.05, 0.1) is 24.7 Å². The van der Waals surface area contributed by atoms with Crippen LogP contribution in [0.2, 0.25) is 0 Å². The summed E-state index contributed by atoms with van der Waals surface area (Å²) < 4.78 is 5.03. The number of rotatable bonds is 3. The van der Waals surface area contributed by atoms with Crippen LogP contribution in [0.25, 0.3) is 11.4 Å². The lowest BCUT2D eigenvalue weighted by Crippen LogP contribution is -1.96. The normalized spacial score (nSPS) is 10.7. The van der Waals surface area contributed by atoms with Gasteiger partial charge in [-0.1, -0.05) is 11.2 Å². The molecule has 2 aromatic rings. The zero-order valence-electron chi connectivity index (χ0n) is 9.61. The molecule has 0 amide bonds. The molecule has 2 rings (SSSR count). The first kappa shape index (κ1) is 11.8. The number of hydrogen-bond acceptors (Lipinski definition) is 6. The van der Waals surface area contributed by atoms with Crippen molar-refractivity contribution in [3.05, 3.63) is 36.2 Å². The Kier molecular flexibility index (Phi) is 3.38. The third-order valence-corrected chi connectivity index (χ3v) is 2.31. The Labute approximate surface area is 103 Å². The molecule has 92 valence electrons. The van der Waals surface area contributed by atoms with E-state index < -0.39 is 0 Å². The highest BCUT2D eigenvalue weighted by atomic mass is 16.5. The van der Waals surface area contributed by atoms with Crippen LogP contribution in [-0.2, 0) is 0 Å². The molecule has 0 aliphatic rings. The summed E-state index contributed by atoms with van der Waals surface area (Å²) >= 11 is 0. The summed E-state index contributed by atoms with van der Waals surface area (Å²) in [6.45, 7) is 0. The van der Waals surface area contributed by atoms with Crippen molar-refractivity contribution in [1.29, 1.82) is 0 Å². The van der Waals surface area contributed by atoms with E-state index in [2.05, 4.69) is 15.1 Å². The van der Waals surface area contributed by atoms with Gasteiger partial charge in [0.2, 0.25) is 0 Å². The minimum Gasteiger partial charge on any atom is -0.503 e. The van der Waals surface area contributed by atoms with Crippen molar-refractivity contribution in [2.24, 2.45) is 5.16 Å². The standard InChI is InChI=1S/C12H11N3O3/c1-18-11-6-9(8-4-2-3-5-13-8)15-10(7-14-17)12(11)16/h2-7,16-17H,1H3. The lowest BCUT2D eigenvalue weighted by atomic mass is 10.2. The highest BCUT2D eigenvalue weighted by molar-refractivity contribution is 5.83. The molecule has 2 aromatic heterocycles. The van der Waals surface area contributed by atoms with Gasteiger partial charge in [0.25, 0.3) is 0 Å². The van der Waals surface area contributed by atoms with Gasteiger partial charge in [0, 0.05) is 12.3 Å². The van der Waals surface area contributed by atoms with E-state index in [1.165, 1.54) is 7.11 Å². The Hall–Kier alpha value is -2.63. The second-order valence-electron chi connectivity index (χ2n) is 3.40. The Morgan fingerprint density at radius 3 is 2.78 bits per heavy atom. The molecule has 0 saturated carbocycles. The molecule has 0 radical (unpaired) electrons. The molecule has 0 unspecified atom stereocenters. The molecule has 0 aliphatic carbocycles. The van der Waals surface area contributed by atoms with Crippen molar-refractivity contribution < 1.29 is 15.1 Å². The second-order valence-corrected chi connectivity index (χ2v) is 3.40. The highest BCUT2D eigenvalue weighted by Gasteiger charge is 2.12. The molecule has 0 spiro atoms. The van der Waals surface area contributed by atoms with Crippen LogP contribution in [0.3, 0.4) is 0 Å². The minimum atomic E-state index is -0.185. The lowest BCUT2D eigenvalue weighted by molar-refractivity contribution is 0.321. The fourth-order valence-electron chi connectivity index (χ4n) is 1.48. The van der Waals surface area contributed by atoms with Gasteiger partial charge in [0.1, 0.15) is 5.69 Å². The molecule has 0 saturated heterocycles. The summed E-state index contributed by atoms with van der Waals surface area (Å²) in [7, 11) is 1.43. The van der Waals surface area contributed by atoms with Gasteiger partial charge >= 0.3 is 0 Å². The SMILES string of the molecule is COc1cc(-c2ccccn2)nc(C=NO)c1O. The van der Waals surface area contributed by atoms with Crippen LogP contribution in [0.5, 0.6) is 11.5 Å². The van der Waals surface area contributed by atoms with Gasteiger partial charge in [-0.2, -0.15) is 0 Å². The van der Waals surface area contributed by atoms with E-state index in [-0.39, 0.29) is 17.2 Å². The van der Waals surface area contributed by atoms with Crippen LogP contribution in [-0.4, -0.2) is 33.6 Å². The number of hydrogen-bond donors (Lipinski definition) is 2. The van der Waals surface area contributed by atoms with Crippen LogP contribution in [0.4, 0.5) is 0 Å². The Morgan fingerprint density at radius 2 is 2.17 bits per heavy atom. The van der Waals surface area contributed by atoms with Crippen LogP contribution in [0.15, 0.2) is 35.6 Å². The molecule has 18 heavy (non-hydrogen) atoms. The molecule has 2 N–H and O–H groups in total. The number of ether oxygens (including phenoxy) is 1. The maximum absolute atomic E-state index is 9.78. The van der Waals surface area contributed by atoms with Gasteiger partial charge in [0.15, 0.2) is 11.5 Å². The van der Waals surface area contributed by atoms with Crippen molar-refractivity contribution in [2.75, 3.05) is 7.11 Å². The first-order chi connectivity index (χ1) is 8.76. The van der Waals surface area contributed by atoms with Crippen molar-refractivity contribution in [3.8, 4) is 22.9 Å². The third kappa shape index (κ3) is 2.22. The van der Waals surface area contributed by atoms with Crippen molar-refractivity contribution >= 4 is 6.21 Å². The van der Waals surface area contributed by atoms with Gasteiger partial charge < -0.3 is 15.1 Å². The molecule has 0 aliphatic heterocycles. The van der Waals surface area contributed by atoms with Crippen LogP contribution < -0.4 is 4.74 Å². The maximum Gasteiger partial charge on any atom is 0.185 e. The molecule has 6 heteroatoms. The average Bonchev–Trinajstić information content (AvgIpc) is 2.42. The highest BCUT2D eigenvalue weighted by Crippen LogP contribution is 2.31. The summed E-state index contributed by atoms with van der Waals surface area (Å²) in [5.74, 6) is 0.0514. The average molecular weight is 245 g/mol. The van der Waals surface area contributed by atoms with Crippen LogP contribution in [0.1, 0.15) is 5.69 Å². The fourth-order valence-corrected chi connectivity index (χ4v) is 1.48. The molecule has 2 heterocycles. The zero-order valence-corrected chi connectivity index (χ0v) is 9.61. The molecule has 0 atom stereocenters. The van der Waals surface area contributed by atoms with E-state index in [1.54, 1.807) is 24.4 Å². The van der Waals surface area contributed by atoms with Gasteiger partial charge in [-0.15, -0.1) is 0 Å². The van der Waals surface area contributed by atoms with Crippen LogP contribution in [0, 0.1) is 0 Å². The number of methoxy groups -OCH3 is 1. The monoisotopic (exact) mass is 245 g/mol. The Balaban J connectivity index is 2.59. The molecule has 0 bridgehead atoms. The minimum absolute atomic E-state index is 0.109. The third-order valence-electron chi connectivity index (χ3n) is 2.31. The molecule has 6 nitrogen and oxygen atoms in total. The number of aromatic hydroxyl groups is 1. The second kappa shape index (κ2) is 5.13. The van der Waals surface area contributed by atoms with E-state index in [0.717, 1.165) is 6.21 Å². The van der Waals surface area contributed by atoms with Gasteiger partial charge in [-0.25, -0.2) is 4.98 Å². The Bertz CT molecular complexity index is 570. The van der Waals surface area contributed by atoms with E-state index in [0.29, 0.717) is 11.4 Å². The van der Waals surface area contributed by atoms with E-state index in [4.69, 9.17) is 9.94 Å². The lowest BCUT2D eigenvalue weighted by Gasteiger charge is -2.08. The topological polar surface area (TPSA) is 87.8 Å². The summed E-state index contributed by atoms with van der Waals surface area (Å²) in [5.41, 5.74) is 1.25. The molecule has 0 aromatic carbocycles. The Morgan fingerprint density at radius 1 is 1.33 bits per heavy atom. The quantitative estimate of drug-likeness (QED) is 0.488. The maximum atomic E-state index is 9.78. The summed E-state index contributed by atoms with van der Waals surface area (Å²) in [6.07, 6.45) is 2.67. The van der Waals surface area contributed by atoms with Gasteiger partial charge in [-0.05, 0) is 12.1 Å². The van der Waals surface area contributed by atoms with Crippen LogP contribution >= 0.6 is 0 Å². The van der Waals surface area contributed by atoms with Gasteiger partial charge in [-0.3, -0.25) is 4.98 Å². The summed E-state index contributed by atoms with van der Waals surface area (Å²) in [4.78, 5) is 8.29. The largest absolute Gasteiger partial charge is 0.503 e. The van der Waals surface area contributed by atoms with Crippen molar-refractivity contribution in [1.82, 2.24) is 9.97 Å². The number of oxime groups is 1. The predicted octanol–water partition coefficient (Wildman–Crippen LogP) is 1.67. The summed E-state index contributed by atoms with van der Waals surface area (Å²) in [6, 6.07) is 6.95. The van der Waals surface area contributed by atoms with E-state index >= 15 is 0 Å². The molecular formula is C12H11N3O3. The number of pyridine rings is 2. The van der Waals surface area contributed by atoms with Crippen molar-refractivity contribution in [3.63, 3.8) is 0 Å². The fraction of sp³-hybridized carbons (Fsp3) is 0.0833.